The molecule has 1 N–H and O–H groups in total. The lowest BCUT2D eigenvalue weighted by atomic mass is 10.2. The first-order valence-electron chi connectivity index (χ1n) is 5.41. The van der Waals surface area contributed by atoms with Gasteiger partial charge in [-0.15, -0.1) is 0 Å². The number of benzene rings is 2. The molecule has 2 aromatic carbocycles. The van der Waals surface area contributed by atoms with Crippen molar-refractivity contribution in [2.24, 2.45) is 0 Å². The SMILES string of the molecule is Fc1ccc(Br)c(F)c1CNc1cc(Cl)c(Cl)cc1Cl. The van der Waals surface area contributed by atoms with E-state index in [1.165, 1.54) is 24.3 Å². The molecule has 0 bridgehead atoms. The van der Waals surface area contributed by atoms with Crippen LogP contribution in [0.1, 0.15) is 5.56 Å². The summed E-state index contributed by atoms with van der Waals surface area (Å²) < 4.78 is 27.6. The Labute approximate surface area is 138 Å². The van der Waals surface area contributed by atoms with E-state index in [0.717, 1.165) is 0 Å². The summed E-state index contributed by atoms with van der Waals surface area (Å²) in [4.78, 5) is 0. The van der Waals surface area contributed by atoms with Gasteiger partial charge in [-0.3, -0.25) is 0 Å². The van der Waals surface area contributed by atoms with E-state index < -0.39 is 11.6 Å². The van der Waals surface area contributed by atoms with Gasteiger partial charge in [-0.1, -0.05) is 34.8 Å². The van der Waals surface area contributed by atoms with Crippen LogP contribution in [0.4, 0.5) is 14.5 Å². The van der Waals surface area contributed by atoms with E-state index in [0.29, 0.717) is 20.8 Å². The molecule has 2 rings (SSSR count). The first-order chi connectivity index (χ1) is 9.40. The van der Waals surface area contributed by atoms with Gasteiger partial charge in [0.05, 0.1) is 25.2 Å². The van der Waals surface area contributed by atoms with Crippen LogP contribution in [0.25, 0.3) is 0 Å². The van der Waals surface area contributed by atoms with Gasteiger partial charge in [-0.05, 0) is 40.2 Å². The fraction of sp³-hybridized carbons (Fsp3) is 0.0769. The lowest BCUT2D eigenvalue weighted by Crippen LogP contribution is -2.05. The molecular formula is C13H7BrCl3F2N. The van der Waals surface area contributed by atoms with Gasteiger partial charge in [0.15, 0.2) is 0 Å². The van der Waals surface area contributed by atoms with Crippen molar-refractivity contribution in [1.82, 2.24) is 0 Å². The van der Waals surface area contributed by atoms with Crippen LogP contribution in [-0.2, 0) is 6.54 Å². The Kier molecular flexibility index (Phi) is 5.13. The Morgan fingerprint density at radius 2 is 1.65 bits per heavy atom. The predicted octanol–water partition coefficient (Wildman–Crippen LogP) is 6.30. The average Bonchev–Trinajstić information content (AvgIpc) is 2.40. The molecule has 7 heteroatoms. The fourth-order valence-corrected chi connectivity index (χ4v) is 2.56. The molecule has 106 valence electrons. The Bertz CT molecular complexity index is 665. The van der Waals surface area contributed by atoms with Gasteiger partial charge in [0.2, 0.25) is 0 Å². The standard InChI is InChI=1S/C13H7BrCl3F2N/c14-7-1-2-11(18)6(13(7)19)5-20-12-4-9(16)8(15)3-10(12)17/h1-4,20H,5H2. The number of anilines is 1. The molecule has 0 saturated carbocycles. The summed E-state index contributed by atoms with van der Waals surface area (Å²) in [6.45, 7) is -0.0746. The second-order valence-electron chi connectivity index (χ2n) is 3.92. The molecular weight excluding hydrogens is 394 g/mol. The topological polar surface area (TPSA) is 12.0 Å². The first-order valence-corrected chi connectivity index (χ1v) is 7.33. The third-order valence-corrected chi connectivity index (χ3v) is 4.25. The minimum atomic E-state index is -0.659. The van der Waals surface area contributed by atoms with Crippen LogP contribution in [0.15, 0.2) is 28.7 Å². The van der Waals surface area contributed by atoms with Crippen LogP contribution < -0.4 is 5.32 Å². The summed E-state index contributed by atoms with van der Waals surface area (Å²) in [6, 6.07) is 5.45. The van der Waals surface area contributed by atoms with Crippen molar-refractivity contribution in [3.05, 3.63) is 61.0 Å². The smallest absolute Gasteiger partial charge is 0.145 e. The number of halogens is 6. The molecule has 0 saturated heterocycles. The van der Waals surface area contributed by atoms with Crippen LogP contribution >= 0.6 is 50.7 Å². The summed E-state index contributed by atoms with van der Waals surface area (Å²) >= 11 is 20.7. The minimum absolute atomic E-state index is 0.0746. The quantitative estimate of drug-likeness (QED) is 0.595. The monoisotopic (exact) mass is 399 g/mol. The van der Waals surface area contributed by atoms with E-state index >= 15 is 0 Å². The summed E-state index contributed by atoms with van der Waals surface area (Å²) in [5.41, 5.74) is 0.348. The van der Waals surface area contributed by atoms with Crippen molar-refractivity contribution in [2.75, 3.05) is 5.32 Å². The van der Waals surface area contributed by atoms with Crippen molar-refractivity contribution in [1.29, 1.82) is 0 Å². The molecule has 2 aromatic rings. The van der Waals surface area contributed by atoms with E-state index in [1.54, 1.807) is 0 Å². The molecule has 0 fully saturated rings. The van der Waals surface area contributed by atoms with Crippen molar-refractivity contribution in [3.63, 3.8) is 0 Å². The van der Waals surface area contributed by atoms with E-state index in [-0.39, 0.29) is 16.6 Å². The van der Waals surface area contributed by atoms with Gasteiger partial charge >= 0.3 is 0 Å². The molecule has 0 atom stereocenters. The third-order valence-electron chi connectivity index (χ3n) is 2.60. The molecule has 20 heavy (non-hydrogen) atoms. The molecule has 0 radical (unpaired) electrons. The van der Waals surface area contributed by atoms with Gasteiger partial charge in [0, 0.05) is 12.1 Å². The summed E-state index contributed by atoms with van der Waals surface area (Å²) in [5, 5.41) is 3.75. The van der Waals surface area contributed by atoms with Crippen molar-refractivity contribution in [2.45, 2.75) is 6.54 Å². The van der Waals surface area contributed by atoms with E-state index in [4.69, 9.17) is 34.8 Å². The van der Waals surface area contributed by atoms with Gasteiger partial charge in [-0.25, -0.2) is 8.78 Å². The summed E-state index contributed by atoms with van der Waals surface area (Å²) in [5.74, 6) is -1.30. The van der Waals surface area contributed by atoms with Crippen LogP contribution in [-0.4, -0.2) is 0 Å². The maximum absolute atomic E-state index is 13.8. The highest BCUT2D eigenvalue weighted by Crippen LogP contribution is 2.33. The molecule has 0 spiro atoms. The Morgan fingerprint density at radius 1 is 1.00 bits per heavy atom. The number of hydrogen-bond donors (Lipinski definition) is 1. The molecule has 0 aliphatic carbocycles. The number of hydrogen-bond acceptors (Lipinski definition) is 1. The van der Waals surface area contributed by atoms with Crippen molar-refractivity contribution < 1.29 is 8.78 Å². The van der Waals surface area contributed by atoms with Crippen LogP contribution in [0.5, 0.6) is 0 Å². The maximum atomic E-state index is 13.8. The molecule has 0 aliphatic heterocycles. The first kappa shape index (κ1) is 15.8. The van der Waals surface area contributed by atoms with Crippen molar-refractivity contribution >= 4 is 56.4 Å². The van der Waals surface area contributed by atoms with Gasteiger partial charge in [0.25, 0.3) is 0 Å². The van der Waals surface area contributed by atoms with E-state index in [1.807, 2.05) is 0 Å². The minimum Gasteiger partial charge on any atom is -0.379 e. The second-order valence-corrected chi connectivity index (χ2v) is 6.00. The summed E-state index contributed by atoms with van der Waals surface area (Å²) in [6.07, 6.45) is 0. The molecule has 0 unspecified atom stereocenters. The third kappa shape index (κ3) is 3.37. The molecule has 0 aliphatic rings. The van der Waals surface area contributed by atoms with Crippen LogP contribution in [0, 0.1) is 11.6 Å². The van der Waals surface area contributed by atoms with Gasteiger partial charge < -0.3 is 5.32 Å². The number of rotatable bonds is 3. The summed E-state index contributed by atoms with van der Waals surface area (Å²) in [7, 11) is 0. The molecule has 1 nitrogen and oxygen atoms in total. The predicted molar refractivity (Wildman–Crippen MR) is 82.9 cm³/mol. The van der Waals surface area contributed by atoms with Crippen molar-refractivity contribution in [3.8, 4) is 0 Å². The van der Waals surface area contributed by atoms with Gasteiger partial charge in [0.1, 0.15) is 11.6 Å². The Morgan fingerprint density at radius 3 is 2.35 bits per heavy atom. The maximum Gasteiger partial charge on any atom is 0.145 e. The largest absolute Gasteiger partial charge is 0.379 e. The zero-order chi connectivity index (χ0) is 14.9. The molecule has 0 amide bonds. The second kappa shape index (κ2) is 6.48. The van der Waals surface area contributed by atoms with E-state index in [2.05, 4.69) is 21.2 Å². The highest BCUT2D eigenvalue weighted by molar-refractivity contribution is 9.10. The molecule has 0 heterocycles. The molecule has 0 aromatic heterocycles. The number of nitrogens with one attached hydrogen (secondary N) is 1. The van der Waals surface area contributed by atoms with E-state index in [9.17, 15) is 8.78 Å². The average molecular weight is 401 g/mol. The fourth-order valence-electron chi connectivity index (χ4n) is 1.57. The Balaban J connectivity index is 2.26. The highest BCUT2D eigenvalue weighted by Gasteiger charge is 2.13. The van der Waals surface area contributed by atoms with Crippen LogP contribution in [0.3, 0.4) is 0 Å². The zero-order valence-electron chi connectivity index (χ0n) is 9.78. The van der Waals surface area contributed by atoms with Crippen LogP contribution in [0.2, 0.25) is 15.1 Å². The zero-order valence-corrected chi connectivity index (χ0v) is 13.6. The highest BCUT2D eigenvalue weighted by atomic mass is 79.9. The normalized spacial score (nSPS) is 10.7. The lowest BCUT2D eigenvalue weighted by Gasteiger charge is -2.11. The Hall–Kier alpha value is -0.550. The lowest BCUT2D eigenvalue weighted by molar-refractivity contribution is 0.555. The van der Waals surface area contributed by atoms with Gasteiger partial charge in [-0.2, -0.15) is 0 Å².